The van der Waals surface area contributed by atoms with Crippen LogP contribution in [0.15, 0.2) is 16.7 Å². The molecule has 0 amide bonds. The Hall–Kier alpha value is -0.840. The summed E-state index contributed by atoms with van der Waals surface area (Å²) in [5.74, 6) is 1.08. The van der Waals surface area contributed by atoms with Crippen LogP contribution in [0.25, 0.3) is 0 Å². The summed E-state index contributed by atoms with van der Waals surface area (Å²) in [6, 6.07) is 2.35. The minimum atomic E-state index is 0.272. The van der Waals surface area contributed by atoms with Crippen LogP contribution >= 0.6 is 0 Å². The Labute approximate surface area is 109 Å². The lowest BCUT2D eigenvalue weighted by Gasteiger charge is -2.38. The highest BCUT2D eigenvalue weighted by molar-refractivity contribution is 5.14. The molecule has 4 nitrogen and oxygen atoms in total. The number of nitrogens with zero attached hydrogens (tertiary/aromatic N) is 2. The largest absolute Gasteiger partial charge is 0.468 e. The monoisotopic (exact) mass is 252 g/mol. The lowest BCUT2D eigenvalue weighted by molar-refractivity contribution is 0.0582. The highest BCUT2D eigenvalue weighted by atomic mass is 16.3. The minimum absolute atomic E-state index is 0.272. The maximum Gasteiger partial charge on any atom is 0.120 e. The van der Waals surface area contributed by atoms with Crippen molar-refractivity contribution in [2.45, 2.75) is 32.9 Å². The molecule has 1 aromatic rings. The van der Waals surface area contributed by atoms with E-state index in [0.717, 1.165) is 44.9 Å². The zero-order valence-electron chi connectivity index (χ0n) is 11.4. The van der Waals surface area contributed by atoms with E-state index in [1.807, 2.05) is 6.07 Å². The Morgan fingerprint density at radius 2 is 2.06 bits per heavy atom. The summed E-state index contributed by atoms with van der Waals surface area (Å²) in [6.07, 6.45) is 2.79. The van der Waals surface area contributed by atoms with Crippen LogP contribution in [0.2, 0.25) is 0 Å². The minimum Gasteiger partial charge on any atom is -0.468 e. The molecular weight excluding hydrogens is 228 g/mol. The molecule has 1 atom stereocenters. The molecule has 18 heavy (non-hydrogen) atoms. The molecule has 1 N–H and O–H groups in total. The van der Waals surface area contributed by atoms with Crippen molar-refractivity contribution in [1.29, 1.82) is 0 Å². The average molecular weight is 252 g/mol. The van der Waals surface area contributed by atoms with Crippen LogP contribution in [0, 0.1) is 6.92 Å². The Bertz CT molecular complexity index is 352. The third-order valence-corrected chi connectivity index (χ3v) is 3.94. The molecule has 1 unspecified atom stereocenters. The van der Waals surface area contributed by atoms with Gasteiger partial charge < -0.3 is 9.52 Å². The zero-order valence-corrected chi connectivity index (χ0v) is 11.4. The summed E-state index contributed by atoms with van der Waals surface area (Å²) in [7, 11) is 0. The van der Waals surface area contributed by atoms with Crippen molar-refractivity contribution < 1.29 is 9.52 Å². The van der Waals surface area contributed by atoms with Gasteiger partial charge in [-0.1, -0.05) is 6.92 Å². The normalized spacial score (nSPS) is 20.2. The Balaban J connectivity index is 1.82. The van der Waals surface area contributed by atoms with Gasteiger partial charge in [0.05, 0.1) is 19.4 Å². The number of aliphatic hydroxyl groups excluding tert-OH is 1. The maximum absolute atomic E-state index is 9.32. The Morgan fingerprint density at radius 1 is 1.33 bits per heavy atom. The van der Waals surface area contributed by atoms with Crippen LogP contribution < -0.4 is 0 Å². The second-order valence-corrected chi connectivity index (χ2v) is 5.08. The number of hydrogen-bond acceptors (Lipinski definition) is 4. The van der Waals surface area contributed by atoms with E-state index in [0.29, 0.717) is 6.04 Å². The summed E-state index contributed by atoms with van der Waals surface area (Å²) in [5, 5.41) is 9.32. The summed E-state index contributed by atoms with van der Waals surface area (Å²) in [6.45, 7) is 9.59. The molecule has 0 saturated carbocycles. The number of rotatable bonds is 5. The van der Waals surface area contributed by atoms with Crippen LogP contribution in [0.3, 0.4) is 0 Å². The van der Waals surface area contributed by atoms with E-state index in [2.05, 4.69) is 23.6 Å². The number of aliphatic hydroxyl groups is 1. The number of furan rings is 1. The molecule has 0 radical (unpaired) electrons. The first-order valence-corrected chi connectivity index (χ1v) is 6.84. The van der Waals surface area contributed by atoms with Crippen LogP contribution in [-0.4, -0.2) is 53.7 Å². The van der Waals surface area contributed by atoms with Gasteiger partial charge in [-0.2, -0.15) is 0 Å². The van der Waals surface area contributed by atoms with Gasteiger partial charge in [-0.15, -0.1) is 0 Å². The van der Waals surface area contributed by atoms with Crippen LogP contribution in [0.1, 0.15) is 24.7 Å². The van der Waals surface area contributed by atoms with Crippen LogP contribution in [0.4, 0.5) is 0 Å². The van der Waals surface area contributed by atoms with Gasteiger partial charge in [0.1, 0.15) is 5.76 Å². The lowest BCUT2D eigenvalue weighted by Crippen LogP contribution is -2.50. The maximum atomic E-state index is 9.32. The summed E-state index contributed by atoms with van der Waals surface area (Å²) >= 11 is 0. The fourth-order valence-electron chi connectivity index (χ4n) is 2.56. The van der Waals surface area contributed by atoms with Crippen molar-refractivity contribution in [2.75, 3.05) is 32.8 Å². The zero-order chi connectivity index (χ0) is 13.0. The van der Waals surface area contributed by atoms with E-state index in [-0.39, 0.29) is 6.61 Å². The van der Waals surface area contributed by atoms with Crippen molar-refractivity contribution in [3.8, 4) is 0 Å². The average Bonchev–Trinajstić information content (AvgIpc) is 2.79. The first-order valence-electron chi connectivity index (χ1n) is 6.84. The molecule has 1 aromatic heterocycles. The molecule has 0 aliphatic carbocycles. The van der Waals surface area contributed by atoms with Crippen LogP contribution in [0.5, 0.6) is 0 Å². The molecule has 0 aromatic carbocycles. The highest BCUT2D eigenvalue weighted by Crippen LogP contribution is 2.15. The topological polar surface area (TPSA) is 39.9 Å². The van der Waals surface area contributed by atoms with Gasteiger partial charge in [-0.3, -0.25) is 9.80 Å². The van der Waals surface area contributed by atoms with E-state index in [9.17, 15) is 5.11 Å². The van der Waals surface area contributed by atoms with E-state index in [1.54, 1.807) is 6.26 Å². The third kappa shape index (κ3) is 3.13. The molecule has 1 fully saturated rings. The number of piperazine rings is 1. The number of aryl methyl sites for hydroxylation is 1. The molecule has 1 saturated heterocycles. The van der Waals surface area contributed by atoms with E-state index < -0.39 is 0 Å². The van der Waals surface area contributed by atoms with Gasteiger partial charge in [-0.05, 0) is 25.0 Å². The lowest BCUT2D eigenvalue weighted by atomic mass is 10.1. The first kappa shape index (κ1) is 13.6. The Morgan fingerprint density at radius 3 is 2.56 bits per heavy atom. The number of hydrogen-bond donors (Lipinski definition) is 1. The molecule has 0 bridgehead atoms. The van der Waals surface area contributed by atoms with Crippen LogP contribution in [-0.2, 0) is 6.54 Å². The molecule has 1 aliphatic heterocycles. The third-order valence-electron chi connectivity index (χ3n) is 3.94. The molecular formula is C14H24N2O2. The quantitative estimate of drug-likeness (QED) is 0.861. The van der Waals surface area contributed by atoms with Crippen molar-refractivity contribution in [2.24, 2.45) is 0 Å². The van der Waals surface area contributed by atoms with Gasteiger partial charge in [0.2, 0.25) is 0 Å². The second kappa shape index (κ2) is 6.36. The Kier molecular flexibility index (Phi) is 4.80. The molecule has 102 valence electrons. The van der Waals surface area contributed by atoms with Gasteiger partial charge in [0, 0.05) is 32.2 Å². The molecule has 0 spiro atoms. The second-order valence-electron chi connectivity index (χ2n) is 5.08. The fourth-order valence-corrected chi connectivity index (χ4v) is 2.56. The van der Waals surface area contributed by atoms with Gasteiger partial charge in [0.25, 0.3) is 0 Å². The predicted octanol–water partition coefficient (Wildman–Crippen LogP) is 1.48. The van der Waals surface area contributed by atoms with E-state index >= 15 is 0 Å². The standard InChI is InChI=1S/C14H24N2O2/c1-3-13(11-17)16-7-5-15(6-8-16)10-14-12(2)4-9-18-14/h4,9,13,17H,3,5-8,10-11H2,1-2H3. The SMILES string of the molecule is CCC(CO)N1CCN(Cc2occc2C)CC1. The van der Waals surface area contributed by atoms with Crippen molar-refractivity contribution in [3.63, 3.8) is 0 Å². The first-order chi connectivity index (χ1) is 8.74. The van der Waals surface area contributed by atoms with Gasteiger partial charge in [0.15, 0.2) is 0 Å². The molecule has 4 heteroatoms. The van der Waals surface area contributed by atoms with Crippen molar-refractivity contribution in [1.82, 2.24) is 9.80 Å². The van der Waals surface area contributed by atoms with Crippen molar-refractivity contribution >= 4 is 0 Å². The highest BCUT2D eigenvalue weighted by Gasteiger charge is 2.22. The van der Waals surface area contributed by atoms with E-state index in [4.69, 9.17) is 4.42 Å². The molecule has 1 aliphatic rings. The summed E-state index contributed by atoms with van der Waals surface area (Å²) in [5.41, 5.74) is 1.24. The fraction of sp³-hybridized carbons (Fsp3) is 0.714. The predicted molar refractivity (Wildman–Crippen MR) is 71.5 cm³/mol. The van der Waals surface area contributed by atoms with Gasteiger partial charge in [-0.25, -0.2) is 0 Å². The van der Waals surface area contributed by atoms with Gasteiger partial charge >= 0.3 is 0 Å². The van der Waals surface area contributed by atoms with Crippen molar-refractivity contribution in [3.05, 3.63) is 23.7 Å². The smallest absolute Gasteiger partial charge is 0.120 e. The molecule has 2 heterocycles. The summed E-state index contributed by atoms with van der Waals surface area (Å²) in [4.78, 5) is 4.82. The molecule has 2 rings (SSSR count). The summed E-state index contributed by atoms with van der Waals surface area (Å²) < 4.78 is 5.49. The van der Waals surface area contributed by atoms with E-state index in [1.165, 1.54) is 5.56 Å².